The van der Waals surface area contributed by atoms with E-state index in [4.69, 9.17) is 4.18 Å². The second kappa shape index (κ2) is 14.0. The summed E-state index contributed by atoms with van der Waals surface area (Å²) in [5.74, 6) is -14.4. The first-order chi connectivity index (χ1) is 20.1. The molecule has 0 saturated heterocycles. The van der Waals surface area contributed by atoms with Gasteiger partial charge in [0.2, 0.25) is 0 Å². The van der Waals surface area contributed by atoms with E-state index in [1.165, 1.54) is 9.79 Å². The van der Waals surface area contributed by atoms with Crippen LogP contribution in [0, 0.1) is 0 Å². The normalized spacial score (nSPS) is 13.3. The monoisotopic (exact) mass is 698 g/mol. The molecule has 0 heterocycles. The minimum absolute atomic E-state index is 0.0453. The maximum Gasteiger partial charge on any atom is 0.460 e. The van der Waals surface area contributed by atoms with Gasteiger partial charge in [-0.1, -0.05) is 49.7 Å². The van der Waals surface area contributed by atoms with Crippen LogP contribution in [0.5, 0.6) is 5.75 Å². The van der Waals surface area contributed by atoms with Crippen LogP contribution in [0.25, 0.3) is 0 Å². The molecule has 244 valence electrons. The molecule has 0 spiro atoms. The third-order valence-electron chi connectivity index (χ3n) is 5.42. The Bertz CT molecular complexity index is 1530. The molecule has 3 aromatic rings. The highest BCUT2D eigenvalue weighted by Crippen LogP contribution is 2.54. The van der Waals surface area contributed by atoms with Gasteiger partial charge < -0.3 is 8.74 Å². The standard InChI is InChI=1S/C22H23O3S2.C4HF9O3S/c1-2-3-18-27(23,24)25-19-14-16-22(17-15-19)26(20-10-6-4-7-11-20)21-12-8-5-9-13-21;5-1(6,3(9,10)11)2(7,8)4(12,13)17(14,15)16/h4-17H,2-3,18H2,1H3;(H,14,15,16)/q+1;/p-1. The zero-order valence-corrected chi connectivity index (χ0v) is 24.7. The van der Waals surface area contributed by atoms with Crippen molar-refractivity contribution in [2.75, 3.05) is 5.75 Å². The number of unbranched alkanes of at least 4 members (excludes halogenated alkanes) is 1. The fourth-order valence-corrected chi connectivity index (χ4v) is 6.84. The second-order valence-electron chi connectivity index (χ2n) is 8.72. The first-order valence-electron chi connectivity index (χ1n) is 12.1. The molecule has 44 heavy (non-hydrogen) atoms. The number of benzene rings is 3. The summed E-state index contributed by atoms with van der Waals surface area (Å²) in [5, 5.41) is -7.11. The van der Waals surface area contributed by atoms with Gasteiger partial charge in [0.25, 0.3) is 0 Å². The van der Waals surface area contributed by atoms with E-state index in [1.807, 2.05) is 55.5 Å². The lowest BCUT2D eigenvalue weighted by Crippen LogP contribution is -2.63. The summed E-state index contributed by atoms with van der Waals surface area (Å²) in [5.41, 5.74) is 0. The number of alkyl halides is 9. The van der Waals surface area contributed by atoms with Crippen molar-refractivity contribution >= 4 is 31.1 Å². The average Bonchev–Trinajstić information content (AvgIpc) is 2.93. The third kappa shape index (κ3) is 8.60. The van der Waals surface area contributed by atoms with E-state index in [-0.39, 0.29) is 16.6 Å². The highest BCUT2D eigenvalue weighted by Gasteiger charge is 2.83. The highest BCUT2D eigenvalue weighted by molar-refractivity contribution is 7.97. The first kappa shape index (κ1) is 37.2. The lowest BCUT2D eigenvalue weighted by molar-refractivity contribution is -0.382. The number of halogens is 9. The van der Waals surface area contributed by atoms with E-state index in [1.54, 1.807) is 12.1 Å². The predicted octanol–water partition coefficient (Wildman–Crippen LogP) is 7.25. The molecule has 0 aliphatic heterocycles. The topological polar surface area (TPSA) is 101 Å². The summed E-state index contributed by atoms with van der Waals surface area (Å²) < 4.78 is 165. The van der Waals surface area contributed by atoms with Gasteiger partial charge in [-0.3, -0.25) is 0 Å². The summed E-state index contributed by atoms with van der Waals surface area (Å²) in [6.07, 6.45) is -5.74. The number of rotatable bonds is 11. The lowest BCUT2D eigenvalue weighted by atomic mass is 10.1. The number of hydrogen-bond acceptors (Lipinski definition) is 6. The van der Waals surface area contributed by atoms with Crippen molar-refractivity contribution < 1.29 is 65.1 Å². The molecule has 6 nitrogen and oxygen atoms in total. The van der Waals surface area contributed by atoms with Crippen LogP contribution in [0.4, 0.5) is 39.5 Å². The van der Waals surface area contributed by atoms with E-state index in [0.29, 0.717) is 12.2 Å². The van der Waals surface area contributed by atoms with Crippen LogP contribution in [0.3, 0.4) is 0 Å². The molecule has 18 heteroatoms. The summed E-state index contributed by atoms with van der Waals surface area (Å²) in [7, 11) is -11.2. The van der Waals surface area contributed by atoms with E-state index in [2.05, 4.69) is 24.3 Å². The number of hydrogen-bond donors (Lipinski definition) is 0. The average molecular weight is 699 g/mol. The highest BCUT2D eigenvalue weighted by atomic mass is 32.2. The molecule has 0 atom stereocenters. The van der Waals surface area contributed by atoms with E-state index in [0.717, 1.165) is 11.3 Å². The molecule has 3 aromatic carbocycles. The van der Waals surface area contributed by atoms with Crippen LogP contribution in [0.2, 0.25) is 0 Å². The molecule has 0 unspecified atom stereocenters. The van der Waals surface area contributed by atoms with Crippen LogP contribution in [-0.2, 0) is 31.1 Å². The molecule has 0 saturated carbocycles. The molecular formula is C26H23F9O6S3. The van der Waals surface area contributed by atoms with Gasteiger partial charge in [0.15, 0.2) is 24.8 Å². The fraction of sp³-hybridized carbons (Fsp3) is 0.308. The van der Waals surface area contributed by atoms with Gasteiger partial charge in [0.1, 0.15) is 5.75 Å². The maximum atomic E-state index is 12.2. The summed E-state index contributed by atoms with van der Waals surface area (Å²) in [6.45, 7) is 1.96. The largest absolute Gasteiger partial charge is 0.743 e. The van der Waals surface area contributed by atoms with Crippen molar-refractivity contribution in [3.8, 4) is 5.75 Å². The van der Waals surface area contributed by atoms with Crippen LogP contribution in [-0.4, -0.2) is 50.4 Å². The van der Waals surface area contributed by atoms with Crippen LogP contribution >= 0.6 is 0 Å². The van der Waals surface area contributed by atoms with Crippen molar-refractivity contribution in [2.45, 2.75) is 57.7 Å². The Balaban J connectivity index is 0.000000345. The molecule has 0 fully saturated rings. The van der Waals surface area contributed by atoms with Crippen molar-refractivity contribution in [1.82, 2.24) is 0 Å². The lowest BCUT2D eigenvalue weighted by Gasteiger charge is -2.34. The molecule has 0 aliphatic rings. The smallest absolute Gasteiger partial charge is 0.460 e. The minimum atomic E-state index is -7.43. The quantitative estimate of drug-likeness (QED) is 0.0906. The second-order valence-corrected chi connectivity index (χ2v) is 13.9. The fourth-order valence-electron chi connectivity index (χ4n) is 3.18. The zero-order chi connectivity index (χ0) is 33.6. The zero-order valence-electron chi connectivity index (χ0n) is 22.3. The van der Waals surface area contributed by atoms with Crippen molar-refractivity contribution in [3.63, 3.8) is 0 Å². The predicted molar refractivity (Wildman–Crippen MR) is 141 cm³/mol. The van der Waals surface area contributed by atoms with Gasteiger partial charge >= 0.3 is 33.4 Å². The summed E-state index contributed by atoms with van der Waals surface area (Å²) >= 11 is 0. The summed E-state index contributed by atoms with van der Waals surface area (Å²) in [6, 6.07) is 28.0. The Kier molecular flexibility index (Phi) is 11.8. The van der Waals surface area contributed by atoms with E-state index < -0.39 is 43.5 Å². The Morgan fingerprint density at radius 3 is 1.43 bits per heavy atom. The van der Waals surface area contributed by atoms with Crippen molar-refractivity contribution in [3.05, 3.63) is 84.9 Å². The van der Waals surface area contributed by atoms with Gasteiger partial charge in [0, 0.05) is 0 Å². The molecule has 0 radical (unpaired) electrons. The molecule has 0 aliphatic carbocycles. The Morgan fingerprint density at radius 1 is 0.659 bits per heavy atom. The van der Waals surface area contributed by atoms with Crippen LogP contribution < -0.4 is 4.18 Å². The van der Waals surface area contributed by atoms with Gasteiger partial charge in [0.05, 0.1) is 16.6 Å². The molecule has 0 aromatic heterocycles. The van der Waals surface area contributed by atoms with Gasteiger partial charge in [-0.2, -0.15) is 47.9 Å². The van der Waals surface area contributed by atoms with Gasteiger partial charge in [-0.25, -0.2) is 8.42 Å². The van der Waals surface area contributed by atoms with Gasteiger partial charge in [-0.05, 0) is 55.0 Å². The Morgan fingerprint density at radius 2 is 1.07 bits per heavy atom. The van der Waals surface area contributed by atoms with Gasteiger partial charge in [-0.15, -0.1) is 0 Å². The Labute approximate surface area is 250 Å². The molecule has 0 bridgehead atoms. The molecule has 0 amide bonds. The first-order valence-corrected chi connectivity index (χ1v) is 16.3. The van der Waals surface area contributed by atoms with Crippen LogP contribution in [0.15, 0.2) is 99.6 Å². The Hall–Kier alpha value is -2.96. The van der Waals surface area contributed by atoms with Crippen molar-refractivity contribution in [2.24, 2.45) is 0 Å². The minimum Gasteiger partial charge on any atom is -0.743 e. The van der Waals surface area contributed by atoms with E-state index in [9.17, 15) is 60.9 Å². The summed E-state index contributed by atoms with van der Waals surface area (Å²) in [4.78, 5) is 3.55. The SMILES string of the molecule is CCCCS(=O)(=O)Oc1ccc([S+](c2ccccc2)c2ccccc2)cc1.O=S(=O)([O-])C(F)(F)C(F)(F)C(F)(F)C(F)(F)F. The third-order valence-corrected chi connectivity index (χ3v) is 9.77. The molecule has 3 rings (SSSR count). The molecular weight excluding hydrogens is 675 g/mol. The molecule has 0 N–H and O–H groups in total. The maximum absolute atomic E-state index is 12.2. The van der Waals surface area contributed by atoms with Crippen LogP contribution in [0.1, 0.15) is 19.8 Å². The van der Waals surface area contributed by atoms with Crippen molar-refractivity contribution in [1.29, 1.82) is 0 Å². The van der Waals surface area contributed by atoms with E-state index >= 15 is 0 Å².